The maximum atomic E-state index is 9.76. The van der Waals surface area contributed by atoms with E-state index in [9.17, 15) is 5.11 Å². The van der Waals surface area contributed by atoms with E-state index < -0.39 is 0 Å². The molecule has 2 nitrogen and oxygen atoms in total. The van der Waals surface area contributed by atoms with Gasteiger partial charge in [0.25, 0.3) is 0 Å². The van der Waals surface area contributed by atoms with Crippen LogP contribution in [0.5, 0.6) is 5.75 Å². The molecule has 2 aliphatic rings. The Morgan fingerprint density at radius 3 is 2.94 bits per heavy atom. The molecular weight excluding hydrogens is 198 g/mol. The van der Waals surface area contributed by atoms with Crippen molar-refractivity contribution >= 4 is 0 Å². The van der Waals surface area contributed by atoms with E-state index in [1.165, 1.54) is 30.4 Å². The second kappa shape index (κ2) is 4.10. The number of rotatable bonds is 3. The molecule has 1 unspecified atom stereocenters. The first kappa shape index (κ1) is 10.2. The zero-order valence-corrected chi connectivity index (χ0v) is 9.58. The molecule has 0 aromatic heterocycles. The maximum Gasteiger partial charge on any atom is 0.119 e. The van der Waals surface area contributed by atoms with E-state index in [4.69, 9.17) is 0 Å². The molecule has 16 heavy (non-hydrogen) atoms. The zero-order chi connectivity index (χ0) is 11.0. The lowest BCUT2D eigenvalue weighted by molar-refractivity contribution is 0.407. The zero-order valence-electron chi connectivity index (χ0n) is 9.58. The molecule has 1 aromatic rings. The van der Waals surface area contributed by atoms with Gasteiger partial charge in [-0.2, -0.15) is 0 Å². The lowest BCUT2D eigenvalue weighted by atomic mass is 9.83. The number of aromatic hydroxyl groups is 1. The van der Waals surface area contributed by atoms with Crippen molar-refractivity contribution in [2.45, 2.75) is 38.1 Å². The van der Waals surface area contributed by atoms with Crippen molar-refractivity contribution in [3.63, 3.8) is 0 Å². The lowest BCUT2D eigenvalue weighted by Crippen LogP contribution is -2.28. The van der Waals surface area contributed by atoms with Gasteiger partial charge in [-0.15, -0.1) is 0 Å². The fourth-order valence-electron chi connectivity index (χ4n) is 2.66. The van der Waals surface area contributed by atoms with Crippen molar-refractivity contribution in [2.24, 2.45) is 5.92 Å². The SMILES string of the molecule is Oc1cccc2c1CCC(CNC1CC1)C2. The van der Waals surface area contributed by atoms with Gasteiger partial charge in [-0.1, -0.05) is 12.1 Å². The third kappa shape index (κ3) is 2.07. The molecule has 1 aromatic carbocycles. The number of phenolic OH excluding ortho intramolecular Hbond substituents is 1. The van der Waals surface area contributed by atoms with Crippen LogP contribution < -0.4 is 5.32 Å². The summed E-state index contributed by atoms with van der Waals surface area (Å²) in [6, 6.07) is 6.75. The Balaban J connectivity index is 1.65. The van der Waals surface area contributed by atoms with Crippen molar-refractivity contribution in [1.82, 2.24) is 5.32 Å². The summed E-state index contributed by atoms with van der Waals surface area (Å²) >= 11 is 0. The van der Waals surface area contributed by atoms with Crippen molar-refractivity contribution in [2.75, 3.05) is 6.54 Å². The van der Waals surface area contributed by atoms with Crippen molar-refractivity contribution in [3.05, 3.63) is 29.3 Å². The summed E-state index contributed by atoms with van der Waals surface area (Å²) < 4.78 is 0. The molecule has 0 saturated heterocycles. The molecule has 86 valence electrons. The van der Waals surface area contributed by atoms with E-state index in [0.717, 1.165) is 31.3 Å². The molecular formula is C14H19NO. The number of benzene rings is 1. The molecule has 1 saturated carbocycles. The Hall–Kier alpha value is -1.02. The van der Waals surface area contributed by atoms with Gasteiger partial charge in [-0.3, -0.25) is 0 Å². The average Bonchev–Trinajstić information content (AvgIpc) is 3.10. The molecule has 0 spiro atoms. The number of hydrogen-bond donors (Lipinski definition) is 2. The maximum absolute atomic E-state index is 9.76. The number of fused-ring (bicyclic) bond motifs is 1. The molecule has 0 radical (unpaired) electrons. The minimum atomic E-state index is 0.492. The first-order chi connectivity index (χ1) is 7.83. The Labute approximate surface area is 96.7 Å². The number of hydrogen-bond acceptors (Lipinski definition) is 2. The predicted octanol–water partition coefficient (Wildman–Crippen LogP) is 2.25. The summed E-state index contributed by atoms with van der Waals surface area (Å²) in [4.78, 5) is 0. The van der Waals surface area contributed by atoms with E-state index in [1.54, 1.807) is 0 Å². The van der Waals surface area contributed by atoms with E-state index in [-0.39, 0.29) is 0 Å². The van der Waals surface area contributed by atoms with Crippen LogP contribution in [0.15, 0.2) is 18.2 Å². The minimum absolute atomic E-state index is 0.492. The Morgan fingerprint density at radius 1 is 1.25 bits per heavy atom. The Kier molecular flexibility index (Phi) is 2.60. The fraction of sp³-hybridized carbons (Fsp3) is 0.571. The number of phenols is 1. The minimum Gasteiger partial charge on any atom is -0.508 e. The molecule has 0 heterocycles. The largest absolute Gasteiger partial charge is 0.508 e. The Morgan fingerprint density at radius 2 is 2.12 bits per heavy atom. The van der Waals surface area contributed by atoms with E-state index in [0.29, 0.717) is 5.75 Å². The van der Waals surface area contributed by atoms with Crippen LogP contribution >= 0.6 is 0 Å². The fourth-order valence-corrected chi connectivity index (χ4v) is 2.66. The van der Waals surface area contributed by atoms with Crippen LogP contribution in [0.3, 0.4) is 0 Å². The second-order valence-electron chi connectivity index (χ2n) is 5.21. The van der Waals surface area contributed by atoms with Gasteiger partial charge in [0, 0.05) is 6.04 Å². The quantitative estimate of drug-likeness (QED) is 0.814. The molecule has 2 N–H and O–H groups in total. The van der Waals surface area contributed by atoms with Crippen LogP contribution in [0.2, 0.25) is 0 Å². The normalized spacial score (nSPS) is 24.1. The van der Waals surface area contributed by atoms with Gasteiger partial charge in [-0.05, 0) is 61.8 Å². The highest BCUT2D eigenvalue weighted by molar-refractivity contribution is 5.40. The highest BCUT2D eigenvalue weighted by atomic mass is 16.3. The third-order valence-corrected chi connectivity index (χ3v) is 3.83. The topological polar surface area (TPSA) is 32.3 Å². The van der Waals surface area contributed by atoms with E-state index in [2.05, 4.69) is 11.4 Å². The second-order valence-corrected chi connectivity index (χ2v) is 5.21. The van der Waals surface area contributed by atoms with Gasteiger partial charge in [0.05, 0.1) is 0 Å². The van der Waals surface area contributed by atoms with E-state index >= 15 is 0 Å². The first-order valence-corrected chi connectivity index (χ1v) is 6.36. The highest BCUT2D eigenvalue weighted by Gasteiger charge is 2.24. The van der Waals surface area contributed by atoms with Gasteiger partial charge in [0.1, 0.15) is 5.75 Å². The summed E-state index contributed by atoms with van der Waals surface area (Å²) in [5, 5.41) is 13.4. The molecule has 1 atom stereocenters. The summed E-state index contributed by atoms with van der Waals surface area (Å²) in [5.74, 6) is 1.25. The van der Waals surface area contributed by atoms with Crippen molar-refractivity contribution in [1.29, 1.82) is 0 Å². The molecule has 2 aliphatic carbocycles. The van der Waals surface area contributed by atoms with Crippen molar-refractivity contribution < 1.29 is 5.11 Å². The van der Waals surface area contributed by atoms with E-state index in [1.807, 2.05) is 12.1 Å². The van der Waals surface area contributed by atoms with Gasteiger partial charge in [0.15, 0.2) is 0 Å². The molecule has 3 rings (SSSR count). The van der Waals surface area contributed by atoms with Crippen molar-refractivity contribution in [3.8, 4) is 5.75 Å². The van der Waals surface area contributed by atoms with Crippen LogP contribution in [0.1, 0.15) is 30.4 Å². The summed E-state index contributed by atoms with van der Waals surface area (Å²) in [5.41, 5.74) is 2.54. The lowest BCUT2D eigenvalue weighted by Gasteiger charge is -2.25. The molecule has 0 aliphatic heterocycles. The predicted molar refractivity (Wildman–Crippen MR) is 64.6 cm³/mol. The monoisotopic (exact) mass is 217 g/mol. The van der Waals surface area contributed by atoms with Crippen LogP contribution in [0.25, 0.3) is 0 Å². The van der Waals surface area contributed by atoms with Crippen LogP contribution in [-0.2, 0) is 12.8 Å². The third-order valence-electron chi connectivity index (χ3n) is 3.83. The molecule has 0 bridgehead atoms. The van der Waals surface area contributed by atoms with Crippen LogP contribution in [0.4, 0.5) is 0 Å². The van der Waals surface area contributed by atoms with Gasteiger partial charge < -0.3 is 10.4 Å². The van der Waals surface area contributed by atoms with Crippen LogP contribution in [-0.4, -0.2) is 17.7 Å². The molecule has 0 amide bonds. The summed E-state index contributed by atoms with van der Waals surface area (Å²) in [7, 11) is 0. The van der Waals surface area contributed by atoms with Gasteiger partial charge >= 0.3 is 0 Å². The molecule has 1 fully saturated rings. The highest BCUT2D eigenvalue weighted by Crippen LogP contribution is 2.31. The summed E-state index contributed by atoms with van der Waals surface area (Å²) in [6.45, 7) is 1.15. The van der Waals surface area contributed by atoms with Gasteiger partial charge in [0.2, 0.25) is 0 Å². The standard InChI is InChI=1S/C14H19NO/c16-14-3-1-2-11-8-10(4-7-13(11)14)9-15-12-5-6-12/h1-3,10,12,15-16H,4-9H2. The smallest absolute Gasteiger partial charge is 0.119 e. The first-order valence-electron chi connectivity index (χ1n) is 6.36. The van der Waals surface area contributed by atoms with Crippen LogP contribution in [0, 0.1) is 5.92 Å². The number of nitrogens with one attached hydrogen (secondary N) is 1. The Bertz CT molecular complexity index is 384. The van der Waals surface area contributed by atoms with Gasteiger partial charge in [-0.25, -0.2) is 0 Å². The molecule has 2 heteroatoms. The average molecular weight is 217 g/mol. The summed E-state index contributed by atoms with van der Waals surface area (Å²) in [6.07, 6.45) is 6.11.